The monoisotopic (exact) mass is 381 g/mol. The second-order valence-electron chi connectivity index (χ2n) is 5.03. The number of benzene rings is 1. The Morgan fingerprint density at radius 3 is 2.77 bits per heavy atom. The van der Waals surface area contributed by atoms with E-state index in [1.54, 1.807) is 0 Å². The first-order chi connectivity index (χ1) is 10.7. The number of urea groups is 1. The minimum atomic E-state index is -0.320. The molecule has 0 atom stereocenters. The summed E-state index contributed by atoms with van der Waals surface area (Å²) in [5.41, 5.74) is 0.715. The first-order valence-corrected chi connectivity index (χ1v) is 8.74. The molecule has 1 fully saturated rings. The average Bonchev–Trinajstić information content (AvgIpc) is 2.96. The maximum Gasteiger partial charge on any atom is 0.325 e. The molecule has 0 aliphatic carbocycles. The number of carbonyl (C=O) groups is 1. The Kier molecular flexibility index (Phi) is 4.89. The van der Waals surface area contributed by atoms with Gasteiger partial charge in [0.05, 0.1) is 0 Å². The molecule has 0 unspecified atom stereocenters. The number of amides is 2. The van der Waals surface area contributed by atoms with Crippen molar-refractivity contribution in [2.24, 2.45) is 0 Å². The maximum atomic E-state index is 12.0. The number of hydrogen-bond donors (Lipinski definition) is 2. The summed E-state index contributed by atoms with van der Waals surface area (Å²) in [4.78, 5) is 14.2. The normalized spacial score (nSPS) is 14.7. The molecular weight excluding hydrogens is 366 g/mol. The zero-order valence-corrected chi connectivity index (χ0v) is 14.3. The molecule has 0 spiro atoms. The van der Waals surface area contributed by atoms with Gasteiger partial charge in [0.1, 0.15) is 0 Å². The van der Waals surface area contributed by atoms with E-state index < -0.39 is 0 Å². The van der Waals surface area contributed by atoms with Gasteiger partial charge in [-0.1, -0.05) is 33.3 Å². The lowest BCUT2D eigenvalue weighted by molar-refractivity contribution is 0.262. The van der Waals surface area contributed by atoms with Gasteiger partial charge in [-0.25, -0.2) is 4.79 Å². The number of carbonyl (C=O) groups excluding carboxylic acids is 1. The van der Waals surface area contributed by atoms with Gasteiger partial charge >= 0.3 is 6.03 Å². The van der Waals surface area contributed by atoms with Gasteiger partial charge in [0.25, 0.3) is 0 Å². The molecule has 1 aromatic carbocycles. The third kappa shape index (κ3) is 3.95. The molecule has 1 aliphatic heterocycles. The molecule has 1 saturated heterocycles. The maximum absolute atomic E-state index is 12.0. The van der Waals surface area contributed by atoms with Crippen LogP contribution in [0.3, 0.4) is 0 Å². The van der Waals surface area contributed by atoms with Crippen LogP contribution in [0.4, 0.5) is 20.7 Å². The first kappa shape index (κ1) is 15.2. The molecule has 1 aromatic heterocycles. The average molecular weight is 382 g/mol. The van der Waals surface area contributed by atoms with E-state index in [9.17, 15) is 4.79 Å². The Balaban J connectivity index is 1.58. The highest BCUT2D eigenvalue weighted by atomic mass is 79.9. The van der Waals surface area contributed by atoms with Crippen molar-refractivity contribution in [3.05, 3.63) is 28.7 Å². The second-order valence-corrected chi connectivity index (χ2v) is 6.90. The quantitative estimate of drug-likeness (QED) is 0.844. The van der Waals surface area contributed by atoms with E-state index in [1.807, 2.05) is 24.3 Å². The van der Waals surface area contributed by atoms with Crippen LogP contribution < -0.4 is 15.5 Å². The number of nitrogens with zero attached hydrogens (tertiary/aromatic N) is 3. The molecule has 2 amide bonds. The van der Waals surface area contributed by atoms with Crippen molar-refractivity contribution in [3.63, 3.8) is 0 Å². The van der Waals surface area contributed by atoms with Crippen LogP contribution in [-0.4, -0.2) is 29.3 Å². The molecule has 3 rings (SSSR count). The summed E-state index contributed by atoms with van der Waals surface area (Å²) in [7, 11) is 0. The van der Waals surface area contributed by atoms with Gasteiger partial charge in [0.2, 0.25) is 10.3 Å². The highest BCUT2D eigenvalue weighted by Gasteiger charge is 2.16. The molecular formula is C14H16BrN5OS. The number of nitrogens with one attached hydrogen (secondary N) is 2. The topological polar surface area (TPSA) is 70.1 Å². The van der Waals surface area contributed by atoms with E-state index in [0.29, 0.717) is 10.8 Å². The fourth-order valence-corrected chi connectivity index (χ4v) is 3.50. The molecule has 0 radical (unpaired) electrons. The number of aromatic nitrogens is 2. The third-order valence-corrected chi connectivity index (χ3v) is 4.74. The Bertz CT molecular complexity index is 656. The molecule has 0 saturated carbocycles. The van der Waals surface area contributed by atoms with Gasteiger partial charge in [-0.2, -0.15) is 0 Å². The number of anilines is 3. The van der Waals surface area contributed by atoms with Gasteiger partial charge in [-0.3, -0.25) is 5.32 Å². The minimum absolute atomic E-state index is 0.320. The highest BCUT2D eigenvalue weighted by molar-refractivity contribution is 9.10. The standard InChI is InChI=1S/C14H16BrN5OS/c15-10-5-4-6-11(9-10)16-12(21)17-13-18-19-14(22-13)20-7-2-1-3-8-20/h4-6,9H,1-3,7-8H2,(H2,16,17,18,21). The van der Waals surface area contributed by atoms with E-state index in [1.165, 1.54) is 30.6 Å². The van der Waals surface area contributed by atoms with Crippen molar-refractivity contribution in [3.8, 4) is 0 Å². The molecule has 2 heterocycles. The molecule has 1 aliphatic rings. The van der Waals surface area contributed by atoms with Gasteiger partial charge in [-0.05, 0) is 37.5 Å². The van der Waals surface area contributed by atoms with Crippen LogP contribution in [0.15, 0.2) is 28.7 Å². The van der Waals surface area contributed by atoms with Crippen molar-refractivity contribution in [1.82, 2.24) is 10.2 Å². The van der Waals surface area contributed by atoms with E-state index in [4.69, 9.17) is 0 Å². The van der Waals surface area contributed by atoms with Gasteiger partial charge in [0.15, 0.2) is 0 Å². The summed E-state index contributed by atoms with van der Waals surface area (Å²) in [5.74, 6) is 0. The largest absolute Gasteiger partial charge is 0.347 e. The highest BCUT2D eigenvalue weighted by Crippen LogP contribution is 2.26. The van der Waals surface area contributed by atoms with E-state index in [2.05, 4.69) is 41.7 Å². The van der Waals surface area contributed by atoms with Crippen molar-refractivity contribution in [2.45, 2.75) is 19.3 Å². The third-order valence-electron chi connectivity index (χ3n) is 3.34. The van der Waals surface area contributed by atoms with Crippen LogP contribution in [0.5, 0.6) is 0 Å². The molecule has 116 valence electrons. The fourth-order valence-electron chi connectivity index (χ4n) is 2.30. The second kappa shape index (κ2) is 7.06. The SMILES string of the molecule is O=C(Nc1cccc(Br)c1)Nc1nnc(N2CCCCC2)s1. The fraction of sp³-hybridized carbons (Fsp3) is 0.357. The van der Waals surface area contributed by atoms with E-state index >= 15 is 0 Å². The van der Waals surface area contributed by atoms with E-state index in [-0.39, 0.29) is 6.03 Å². The van der Waals surface area contributed by atoms with Crippen LogP contribution in [-0.2, 0) is 0 Å². The summed E-state index contributed by atoms with van der Waals surface area (Å²) in [6, 6.07) is 7.10. The predicted octanol–water partition coefficient (Wildman–Crippen LogP) is 3.93. The van der Waals surface area contributed by atoms with Crippen LogP contribution in [0, 0.1) is 0 Å². The first-order valence-electron chi connectivity index (χ1n) is 7.13. The van der Waals surface area contributed by atoms with Crippen molar-refractivity contribution in [2.75, 3.05) is 28.6 Å². The lowest BCUT2D eigenvalue weighted by Gasteiger charge is -2.25. The van der Waals surface area contributed by atoms with Crippen LogP contribution >= 0.6 is 27.3 Å². The Morgan fingerprint density at radius 2 is 2.00 bits per heavy atom. The minimum Gasteiger partial charge on any atom is -0.347 e. The summed E-state index contributed by atoms with van der Waals surface area (Å²) in [6.07, 6.45) is 3.65. The van der Waals surface area contributed by atoms with Gasteiger partial charge in [-0.15, -0.1) is 10.2 Å². The van der Waals surface area contributed by atoms with Crippen molar-refractivity contribution >= 4 is 49.2 Å². The molecule has 2 aromatic rings. The molecule has 0 bridgehead atoms. The van der Waals surface area contributed by atoms with Crippen LogP contribution in [0.2, 0.25) is 0 Å². The molecule has 8 heteroatoms. The number of halogens is 1. The summed E-state index contributed by atoms with van der Waals surface area (Å²) in [6.45, 7) is 2.03. The van der Waals surface area contributed by atoms with Crippen LogP contribution in [0.1, 0.15) is 19.3 Å². The van der Waals surface area contributed by atoms with Gasteiger partial charge < -0.3 is 10.2 Å². The lowest BCUT2D eigenvalue weighted by Crippen LogP contribution is -2.29. The lowest BCUT2D eigenvalue weighted by atomic mass is 10.1. The Labute approximate surface area is 141 Å². The number of piperidine rings is 1. The smallest absolute Gasteiger partial charge is 0.325 e. The van der Waals surface area contributed by atoms with Crippen LogP contribution in [0.25, 0.3) is 0 Å². The van der Waals surface area contributed by atoms with Crippen molar-refractivity contribution < 1.29 is 4.79 Å². The molecule has 2 N–H and O–H groups in total. The number of rotatable bonds is 3. The molecule has 22 heavy (non-hydrogen) atoms. The summed E-state index contributed by atoms with van der Waals surface area (Å²) < 4.78 is 0.911. The van der Waals surface area contributed by atoms with Crippen molar-refractivity contribution in [1.29, 1.82) is 0 Å². The zero-order valence-electron chi connectivity index (χ0n) is 11.9. The summed E-state index contributed by atoms with van der Waals surface area (Å²) in [5, 5.41) is 15.1. The molecule has 6 nitrogen and oxygen atoms in total. The summed E-state index contributed by atoms with van der Waals surface area (Å²) >= 11 is 4.77. The zero-order chi connectivity index (χ0) is 15.4. The van der Waals surface area contributed by atoms with E-state index in [0.717, 1.165) is 22.7 Å². The number of hydrogen-bond acceptors (Lipinski definition) is 5. The predicted molar refractivity (Wildman–Crippen MR) is 92.8 cm³/mol. The Morgan fingerprint density at radius 1 is 1.18 bits per heavy atom. The van der Waals surface area contributed by atoms with Gasteiger partial charge in [0, 0.05) is 23.2 Å². The Hall–Kier alpha value is -1.67.